The number of halogens is 2. The summed E-state index contributed by atoms with van der Waals surface area (Å²) >= 11 is 6.00. The van der Waals surface area contributed by atoms with Gasteiger partial charge in [0, 0.05) is 11.4 Å². The van der Waals surface area contributed by atoms with Crippen molar-refractivity contribution in [1.82, 2.24) is 4.90 Å². The van der Waals surface area contributed by atoms with Crippen LogP contribution in [0.15, 0.2) is 24.3 Å². The average molecular weight is 342 g/mol. The van der Waals surface area contributed by atoms with E-state index < -0.39 is 29.8 Å². The minimum Gasteiger partial charge on any atom is -0.441 e. The Morgan fingerprint density at radius 1 is 1.39 bits per heavy atom. The van der Waals surface area contributed by atoms with E-state index in [1.54, 1.807) is 38.1 Å². The molecule has 1 heterocycles. The molecular formula is C17H21ClFNO3. The lowest BCUT2D eigenvalue weighted by Crippen LogP contribution is -2.50. The molecular weight excluding hydrogens is 321 g/mol. The number of ether oxygens (including phenoxy) is 1. The molecule has 126 valence electrons. The Balaban J connectivity index is 2.21. The van der Waals surface area contributed by atoms with Gasteiger partial charge in [-0.15, -0.1) is 0 Å². The Morgan fingerprint density at radius 3 is 2.57 bits per heavy atom. The molecule has 1 saturated heterocycles. The number of hydrogen-bond acceptors (Lipinski definition) is 3. The number of carbonyl (C=O) groups is 2. The molecule has 0 spiro atoms. The monoisotopic (exact) mass is 341 g/mol. The van der Waals surface area contributed by atoms with E-state index in [0.29, 0.717) is 10.6 Å². The number of rotatable bonds is 4. The van der Waals surface area contributed by atoms with Gasteiger partial charge in [-0.3, -0.25) is 4.79 Å². The van der Waals surface area contributed by atoms with Gasteiger partial charge in [0.2, 0.25) is 0 Å². The number of benzene rings is 1. The highest BCUT2D eigenvalue weighted by molar-refractivity contribution is 6.31. The third-order valence-electron chi connectivity index (χ3n) is 4.03. The van der Waals surface area contributed by atoms with Crippen molar-refractivity contribution in [3.63, 3.8) is 0 Å². The maximum absolute atomic E-state index is 14.5. The number of hydrogen-bond donors (Lipinski definition) is 0. The van der Waals surface area contributed by atoms with Crippen molar-refractivity contribution >= 4 is 23.6 Å². The highest BCUT2D eigenvalue weighted by Gasteiger charge is 2.53. The first-order chi connectivity index (χ1) is 10.6. The molecule has 1 aliphatic rings. The molecule has 0 aliphatic carbocycles. The van der Waals surface area contributed by atoms with Crippen LogP contribution in [-0.4, -0.2) is 34.7 Å². The Labute approximate surface area is 140 Å². The van der Waals surface area contributed by atoms with Crippen LogP contribution in [0.5, 0.6) is 0 Å². The normalized spacial score (nSPS) is 21.4. The standard InChI is InChI=1S/C17H21ClFNO3/c1-10(2)14-17(3,4)23-16(22)20(14)15(21)13(19)9-11-7-5-6-8-12(11)18/h5-8,10,13-14H,9H2,1-4H3. The van der Waals surface area contributed by atoms with Gasteiger partial charge in [0.05, 0.1) is 6.04 Å². The molecule has 23 heavy (non-hydrogen) atoms. The zero-order chi connectivity index (χ0) is 17.4. The van der Waals surface area contributed by atoms with Crippen molar-refractivity contribution in [2.45, 2.75) is 51.9 Å². The van der Waals surface area contributed by atoms with E-state index in [4.69, 9.17) is 16.3 Å². The molecule has 1 fully saturated rings. The Morgan fingerprint density at radius 2 is 2.00 bits per heavy atom. The molecule has 0 saturated carbocycles. The van der Waals surface area contributed by atoms with E-state index in [-0.39, 0.29) is 12.3 Å². The summed E-state index contributed by atoms with van der Waals surface area (Å²) in [6, 6.07) is 6.25. The molecule has 2 unspecified atom stereocenters. The Hall–Kier alpha value is -1.62. The van der Waals surface area contributed by atoms with Crippen LogP contribution in [0.25, 0.3) is 0 Å². The first-order valence-electron chi connectivity index (χ1n) is 7.58. The lowest BCUT2D eigenvalue weighted by atomic mass is 9.88. The molecule has 2 atom stereocenters. The van der Waals surface area contributed by atoms with Crippen LogP contribution < -0.4 is 0 Å². The first kappa shape index (κ1) is 17.7. The minimum atomic E-state index is -1.85. The fraction of sp³-hybridized carbons (Fsp3) is 0.529. The molecule has 0 aromatic heterocycles. The molecule has 2 amide bonds. The quantitative estimate of drug-likeness (QED) is 0.831. The molecule has 0 N–H and O–H groups in total. The Bertz CT molecular complexity index is 618. The van der Waals surface area contributed by atoms with Crippen LogP contribution in [0.4, 0.5) is 9.18 Å². The molecule has 1 aromatic carbocycles. The first-order valence-corrected chi connectivity index (χ1v) is 7.96. The van der Waals surface area contributed by atoms with E-state index in [1.807, 2.05) is 13.8 Å². The lowest BCUT2D eigenvalue weighted by Gasteiger charge is -2.31. The number of alkyl halides is 1. The van der Waals surface area contributed by atoms with Gasteiger partial charge >= 0.3 is 6.09 Å². The SMILES string of the molecule is CC(C)C1N(C(=O)C(F)Cc2ccccc2Cl)C(=O)OC1(C)C. The van der Waals surface area contributed by atoms with Crippen molar-refractivity contribution < 1.29 is 18.7 Å². The van der Waals surface area contributed by atoms with Gasteiger partial charge in [-0.05, 0) is 31.4 Å². The molecule has 1 aliphatic heterocycles. The van der Waals surface area contributed by atoms with Gasteiger partial charge < -0.3 is 4.74 Å². The molecule has 0 bridgehead atoms. The van der Waals surface area contributed by atoms with Crippen LogP contribution in [0.1, 0.15) is 33.3 Å². The molecule has 1 aromatic rings. The van der Waals surface area contributed by atoms with Gasteiger partial charge in [0.1, 0.15) is 5.60 Å². The van der Waals surface area contributed by atoms with Crippen LogP contribution in [0.2, 0.25) is 5.02 Å². The van der Waals surface area contributed by atoms with Crippen molar-refractivity contribution in [3.05, 3.63) is 34.9 Å². The van der Waals surface area contributed by atoms with Gasteiger partial charge in [0.15, 0.2) is 6.17 Å². The average Bonchev–Trinajstić information content (AvgIpc) is 2.69. The molecule has 4 nitrogen and oxygen atoms in total. The van der Waals surface area contributed by atoms with E-state index in [9.17, 15) is 14.0 Å². The summed E-state index contributed by atoms with van der Waals surface area (Å²) in [6.07, 6.45) is -2.81. The summed E-state index contributed by atoms with van der Waals surface area (Å²) in [7, 11) is 0. The van der Waals surface area contributed by atoms with E-state index in [0.717, 1.165) is 4.90 Å². The van der Waals surface area contributed by atoms with Gasteiger partial charge in [0.25, 0.3) is 5.91 Å². The summed E-state index contributed by atoms with van der Waals surface area (Å²) < 4.78 is 19.8. The highest BCUT2D eigenvalue weighted by atomic mass is 35.5. The van der Waals surface area contributed by atoms with Gasteiger partial charge in [-0.2, -0.15) is 0 Å². The summed E-state index contributed by atoms with van der Waals surface area (Å²) in [4.78, 5) is 25.5. The second-order valence-electron chi connectivity index (χ2n) is 6.63. The second kappa shape index (κ2) is 6.48. The van der Waals surface area contributed by atoms with Crippen molar-refractivity contribution in [1.29, 1.82) is 0 Å². The number of imide groups is 1. The molecule has 6 heteroatoms. The van der Waals surface area contributed by atoms with Crippen molar-refractivity contribution in [2.75, 3.05) is 0 Å². The predicted molar refractivity (Wildman–Crippen MR) is 86.1 cm³/mol. The van der Waals surface area contributed by atoms with Gasteiger partial charge in [-0.25, -0.2) is 14.1 Å². The van der Waals surface area contributed by atoms with Gasteiger partial charge in [-0.1, -0.05) is 43.6 Å². The number of amides is 2. The van der Waals surface area contributed by atoms with Crippen molar-refractivity contribution in [3.8, 4) is 0 Å². The van der Waals surface area contributed by atoms with Crippen LogP contribution in [0, 0.1) is 5.92 Å². The van der Waals surface area contributed by atoms with E-state index >= 15 is 0 Å². The number of nitrogens with zero attached hydrogens (tertiary/aromatic N) is 1. The highest BCUT2D eigenvalue weighted by Crippen LogP contribution is 2.35. The number of cyclic esters (lactones) is 1. The zero-order valence-electron chi connectivity index (χ0n) is 13.7. The second-order valence-corrected chi connectivity index (χ2v) is 7.04. The number of carbonyl (C=O) groups excluding carboxylic acids is 2. The van der Waals surface area contributed by atoms with Crippen LogP contribution in [0.3, 0.4) is 0 Å². The fourth-order valence-electron chi connectivity index (χ4n) is 3.18. The topological polar surface area (TPSA) is 46.6 Å². The zero-order valence-corrected chi connectivity index (χ0v) is 14.4. The smallest absolute Gasteiger partial charge is 0.417 e. The predicted octanol–water partition coefficient (Wildman–Crippen LogP) is 4.00. The van der Waals surface area contributed by atoms with E-state index in [2.05, 4.69) is 0 Å². The Kier molecular flexibility index (Phi) is 4.99. The third-order valence-corrected chi connectivity index (χ3v) is 4.40. The maximum atomic E-state index is 14.5. The summed E-state index contributed by atoms with van der Waals surface area (Å²) in [5, 5.41) is 0.396. The minimum absolute atomic E-state index is 0.0482. The molecule has 2 rings (SSSR count). The van der Waals surface area contributed by atoms with Crippen LogP contribution >= 0.6 is 11.6 Å². The van der Waals surface area contributed by atoms with Crippen molar-refractivity contribution in [2.24, 2.45) is 5.92 Å². The maximum Gasteiger partial charge on any atom is 0.417 e. The summed E-state index contributed by atoms with van der Waals surface area (Å²) in [6.45, 7) is 7.19. The summed E-state index contributed by atoms with van der Waals surface area (Å²) in [5.74, 6) is -0.924. The fourth-order valence-corrected chi connectivity index (χ4v) is 3.40. The molecule has 0 radical (unpaired) electrons. The van der Waals surface area contributed by atoms with Crippen LogP contribution in [-0.2, 0) is 16.0 Å². The van der Waals surface area contributed by atoms with E-state index in [1.165, 1.54) is 0 Å². The lowest BCUT2D eigenvalue weighted by molar-refractivity contribution is -0.135. The summed E-state index contributed by atoms with van der Waals surface area (Å²) in [5.41, 5.74) is -0.312. The largest absolute Gasteiger partial charge is 0.441 e. The third kappa shape index (κ3) is 3.50.